The van der Waals surface area contributed by atoms with Crippen molar-refractivity contribution in [2.45, 2.75) is 25.2 Å². The second-order valence-corrected chi connectivity index (χ2v) is 5.87. The number of esters is 1. The van der Waals surface area contributed by atoms with Gasteiger partial charge in [0, 0.05) is 23.3 Å². The third-order valence-electron chi connectivity index (χ3n) is 3.64. The number of aromatic nitrogens is 1. The highest BCUT2D eigenvalue weighted by Gasteiger charge is 2.25. The first-order valence-corrected chi connectivity index (χ1v) is 7.88. The third-order valence-corrected chi connectivity index (χ3v) is 4.65. The Morgan fingerprint density at radius 1 is 1.48 bits per heavy atom. The lowest BCUT2D eigenvalue weighted by molar-refractivity contribution is -0.140. The minimum Gasteiger partial charge on any atom is -0.493 e. The van der Waals surface area contributed by atoms with Gasteiger partial charge in [0.25, 0.3) is 0 Å². The molecule has 3 rings (SSSR count). The standard InChI is InChI=1S/C16H17NO3S/c1-19-15(18)7-6-11-10-21-16(17-11)13-8-9-20-14-5-3-2-4-12(13)14/h2-5,10,13H,6-9H2,1H3. The summed E-state index contributed by atoms with van der Waals surface area (Å²) >= 11 is 1.66. The van der Waals surface area contributed by atoms with Crippen LogP contribution in [-0.2, 0) is 16.0 Å². The summed E-state index contributed by atoms with van der Waals surface area (Å²) in [4.78, 5) is 15.9. The lowest BCUT2D eigenvalue weighted by Gasteiger charge is -2.24. The van der Waals surface area contributed by atoms with E-state index in [1.54, 1.807) is 11.3 Å². The maximum Gasteiger partial charge on any atom is 0.305 e. The normalized spacial score (nSPS) is 16.9. The molecule has 1 unspecified atom stereocenters. The fraction of sp³-hybridized carbons (Fsp3) is 0.375. The number of fused-ring (bicyclic) bond motifs is 1. The number of para-hydroxylation sites is 1. The van der Waals surface area contributed by atoms with Crippen LogP contribution in [0.3, 0.4) is 0 Å². The number of carbonyl (C=O) groups is 1. The second-order valence-electron chi connectivity index (χ2n) is 4.98. The van der Waals surface area contributed by atoms with Gasteiger partial charge in [-0.2, -0.15) is 0 Å². The molecule has 0 N–H and O–H groups in total. The quantitative estimate of drug-likeness (QED) is 0.814. The Labute approximate surface area is 127 Å². The molecule has 5 heteroatoms. The molecule has 0 radical (unpaired) electrons. The zero-order valence-electron chi connectivity index (χ0n) is 11.9. The van der Waals surface area contributed by atoms with E-state index in [9.17, 15) is 4.79 Å². The van der Waals surface area contributed by atoms with Gasteiger partial charge in [-0.05, 0) is 12.5 Å². The van der Waals surface area contributed by atoms with Crippen LogP contribution in [0.4, 0.5) is 0 Å². The molecule has 110 valence electrons. The van der Waals surface area contributed by atoms with Crippen molar-refractivity contribution in [3.05, 3.63) is 45.9 Å². The lowest BCUT2D eigenvalue weighted by atomic mass is 9.94. The van der Waals surface area contributed by atoms with Gasteiger partial charge in [0.2, 0.25) is 0 Å². The van der Waals surface area contributed by atoms with Gasteiger partial charge in [0.15, 0.2) is 0 Å². The van der Waals surface area contributed by atoms with Crippen molar-refractivity contribution >= 4 is 17.3 Å². The summed E-state index contributed by atoms with van der Waals surface area (Å²) in [5.41, 5.74) is 2.17. The Hall–Kier alpha value is -1.88. The number of thiazole rings is 1. The number of hydrogen-bond donors (Lipinski definition) is 0. The second kappa shape index (κ2) is 6.26. The Kier molecular flexibility index (Phi) is 4.20. The van der Waals surface area contributed by atoms with Gasteiger partial charge in [0.1, 0.15) is 10.8 Å². The van der Waals surface area contributed by atoms with E-state index in [-0.39, 0.29) is 5.97 Å². The first-order valence-electron chi connectivity index (χ1n) is 7.01. The largest absolute Gasteiger partial charge is 0.493 e. The summed E-state index contributed by atoms with van der Waals surface area (Å²) in [5, 5.41) is 3.14. The maximum atomic E-state index is 11.2. The van der Waals surface area contributed by atoms with Crippen molar-refractivity contribution in [1.29, 1.82) is 0 Å². The van der Waals surface area contributed by atoms with E-state index in [2.05, 4.69) is 10.8 Å². The minimum absolute atomic E-state index is 0.194. The van der Waals surface area contributed by atoms with Crippen LogP contribution in [-0.4, -0.2) is 24.7 Å². The monoisotopic (exact) mass is 303 g/mol. The van der Waals surface area contributed by atoms with Crippen LogP contribution >= 0.6 is 11.3 Å². The molecule has 2 aromatic rings. The van der Waals surface area contributed by atoms with E-state index in [4.69, 9.17) is 9.72 Å². The van der Waals surface area contributed by atoms with Crippen LogP contribution in [0.25, 0.3) is 0 Å². The van der Waals surface area contributed by atoms with Crippen LogP contribution in [0.15, 0.2) is 29.6 Å². The summed E-state index contributed by atoms with van der Waals surface area (Å²) in [6.45, 7) is 0.721. The Balaban J connectivity index is 1.76. The summed E-state index contributed by atoms with van der Waals surface area (Å²) in [6, 6.07) is 8.14. The first kappa shape index (κ1) is 14.1. The topological polar surface area (TPSA) is 48.4 Å². The summed E-state index contributed by atoms with van der Waals surface area (Å²) < 4.78 is 10.4. The van der Waals surface area contributed by atoms with Crippen molar-refractivity contribution in [2.75, 3.05) is 13.7 Å². The van der Waals surface area contributed by atoms with E-state index in [1.165, 1.54) is 12.7 Å². The number of methoxy groups -OCH3 is 1. The van der Waals surface area contributed by atoms with Crippen LogP contribution in [0.2, 0.25) is 0 Å². The van der Waals surface area contributed by atoms with Crippen molar-refractivity contribution in [3.63, 3.8) is 0 Å². The molecule has 0 spiro atoms. The van der Waals surface area contributed by atoms with E-state index >= 15 is 0 Å². The lowest BCUT2D eigenvalue weighted by Crippen LogP contribution is -2.15. The van der Waals surface area contributed by atoms with Gasteiger partial charge in [-0.3, -0.25) is 4.79 Å². The Bertz CT molecular complexity index is 638. The molecule has 1 atom stereocenters. The predicted molar refractivity (Wildman–Crippen MR) is 80.8 cm³/mol. The fourth-order valence-corrected chi connectivity index (χ4v) is 3.53. The van der Waals surface area contributed by atoms with Crippen molar-refractivity contribution in [1.82, 2.24) is 4.98 Å². The van der Waals surface area contributed by atoms with Crippen molar-refractivity contribution in [3.8, 4) is 5.75 Å². The van der Waals surface area contributed by atoms with Crippen LogP contribution < -0.4 is 4.74 Å². The smallest absolute Gasteiger partial charge is 0.305 e. The average Bonchev–Trinajstić information content (AvgIpc) is 3.00. The molecule has 2 heterocycles. The maximum absolute atomic E-state index is 11.2. The van der Waals surface area contributed by atoms with E-state index in [1.807, 2.05) is 23.6 Å². The van der Waals surface area contributed by atoms with Gasteiger partial charge >= 0.3 is 5.97 Å². The van der Waals surface area contributed by atoms with Crippen molar-refractivity contribution < 1.29 is 14.3 Å². The van der Waals surface area contributed by atoms with Gasteiger partial charge in [-0.1, -0.05) is 18.2 Å². The molecular weight excluding hydrogens is 286 g/mol. The molecule has 21 heavy (non-hydrogen) atoms. The van der Waals surface area contributed by atoms with Gasteiger partial charge in [-0.15, -0.1) is 11.3 Å². The van der Waals surface area contributed by atoms with Gasteiger partial charge in [0.05, 0.1) is 25.8 Å². The summed E-state index contributed by atoms with van der Waals surface area (Å²) in [7, 11) is 1.41. The summed E-state index contributed by atoms with van der Waals surface area (Å²) in [6.07, 6.45) is 1.96. The average molecular weight is 303 g/mol. The molecule has 1 aromatic carbocycles. The zero-order chi connectivity index (χ0) is 14.7. The molecule has 0 bridgehead atoms. The highest BCUT2D eigenvalue weighted by molar-refractivity contribution is 7.09. The number of nitrogens with zero attached hydrogens (tertiary/aromatic N) is 1. The molecule has 1 aromatic heterocycles. The number of hydrogen-bond acceptors (Lipinski definition) is 5. The van der Waals surface area contributed by atoms with Gasteiger partial charge < -0.3 is 9.47 Å². The highest BCUT2D eigenvalue weighted by Crippen LogP contribution is 2.38. The number of benzene rings is 1. The molecule has 1 aliphatic heterocycles. The molecule has 4 nitrogen and oxygen atoms in total. The Morgan fingerprint density at radius 2 is 2.33 bits per heavy atom. The van der Waals surface area contributed by atoms with Crippen molar-refractivity contribution in [2.24, 2.45) is 0 Å². The number of rotatable bonds is 4. The fourth-order valence-electron chi connectivity index (χ4n) is 2.53. The number of aryl methyl sites for hydroxylation is 1. The summed E-state index contributed by atoms with van der Waals surface area (Å²) in [5.74, 6) is 1.06. The third kappa shape index (κ3) is 3.08. The highest BCUT2D eigenvalue weighted by atomic mass is 32.1. The molecule has 0 fully saturated rings. The number of carbonyl (C=O) groups excluding carboxylic acids is 1. The predicted octanol–water partition coefficient (Wildman–Crippen LogP) is 3.16. The molecular formula is C16H17NO3S. The molecule has 0 amide bonds. The SMILES string of the molecule is COC(=O)CCc1csc(C2CCOc3ccccc32)n1. The van der Waals surface area contributed by atoms with Crippen LogP contribution in [0.5, 0.6) is 5.75 Å². The Morgan fingerprint density at radius 3 is 3.19 bits per heavy atom. The number of ether oxygens (including phenoxy) is 2. The van der Waals surface area contributed by atoms with Crippen LogP contribution in [0.1, 0.15) is 35.0 Å². The van der Waals surface area contributed by atoms with E-state index < -0.39 is 0 Å². The zero-order valence-corrected chi connectivity index (χ0v) is 12.7. The minimum atomic E-state index is -0.194. The van der Waals surface area contributed by atoms with E-state index in [0.29, 0.717) is 18.8 Å². The molecule has 0 aliphatic carbocycles. The van der Waals surface area contributed by atoms with Gasteiger partial charge in [-0.25, -0.2) is 4.98 Å². The molecule has 0 saturated heterocycles. The van der Waals surface area contributed by atoms with Crippen LogP contribution in [0, 0.1) is 0 Å². The van der Waals surface area contributed by atoms with E-state index in [0.717, 1.165) is 29.5 Å². The molecule has 1 aliphatic rings. The molecule has 0 saturated carbocycles. The first-order chi connectivity index (χ1) is 10.3.